The fourth-order valence-corrected chi connectivity index (χ4v) is 5.57. The van der Waals surface area contributed by atoms with Gasteiger partial charge in [0.1, 0.15) is 0 Å². The van der Waals surface area contributed by atoms with Crippen LogP contribution in [0.1, 0.15) is 55.8 Å². The number of aryl methyl sites for hydroxylation is 2. The number of benzene rings is 1. The van der Waals surface area contributed by atoms with Crippen LogP contribution in [-0.2, 0) is 10.5 Å². The molecule has 134 valence electrons. The number of nitrogens with zero attached hydrogens (tertiary/aromatic N) is 2. The van der Waals surface area contributed by atoms with Crippen molar-refractivity contribution in [2.75, 3.05) is 4.90 Å². The average Bonchev–Trinajstić information content (AvgIpc) is 3.04. The molecule has 3 nitrogen and oxygen atoms in total. The molecule has 25 heavy (non-hydrogen) atoms. The summed E-state index contributed by atoms with van der Waals surface area (Å²) in [5.41, 5.74) is 4.32. The Morgan fingerprint density at radius 2 is 2.04 bits per heavy atom. The highest BCUT2D eigenvalue weighted by Crippen LogP contribution is 2.34. The van der Waals surface area contributed by atoms with E-state index in [-0.39, 0.29) is 5.91 Å². The van der Waals surface area contributed by atoms with Gasteiger partial charge >= 0.3 is 0 Å². The smallest absolute Gasteiger partial charge is 0.230 e. The van der Waals surface area contributed by atoms with E-state index in [9.17, 15) is 4.79 Å². The van der Waals surface area contributed by atoms with Crippen molar-refractivity contribution in [1.29, 1.82) is 0 Å². The topological polar surface area (TPSA) is 33.2 Å². The van der Waals surface area contributed by atoms with Crippen LogP contribution in [0.5, 0.6) is 0 Å². The summed E-state index contributed by atoms with van der Waals surface area (Å²) in [6, 6.07) is 6.17. The molecule has 1 aliphatic carbocycles. The van der Waals surface area contributed by atoms with Crippen LogP contribution in [0.25, 0.3) is 0 Å². The molecule has 1 amide bonds. The molecule has 0 atom stereocenters. The molecule has 1 saturated carbocycles. The van der Waals surface area contributed by atoms with E-state index in [0.717, 1.165) is 33.1 Å². The summed E-state index contributed by atoms with van der Waals surface area (Å²) in [6.07, 6.45) is 6.80. The van der Waals surface area contributed by atoms with Gasteiger partial charge in [0, 0.05) is 23.3 Å². The van der Waals surface area contributed by atoms with E-state index in [1.54, 1.807) is 23.2 Å². The molecule has 1 aromatic heterocycles. The molecule has 0 aliphatic heterocycles. The number of carbonyl (C=O) groups excluding carboxylic acids is 1. The van der Waals surface area contributed by atoms with Crippen LogP contribution < -0.4 is 4.90 Å². The summed E-state index contributed by atoms with van der Waals surface area (Å²) in [6.45, 7) is 5.72. The maximum Gasteiger partial charge on any atom is 0.230 e. The number of hydrogen-bond donors (Lipinski definition) is 0. The predicted molar refractivity (Wildman–Crippen MR) is 109 cm³/mol. The summed E-state index contributed by atoms with van der Waals surface area (Å²) in [4.78, 5) is 18.8. The Kier molecular flexibility index (Phi) is 6.18. The van der Waals surface area contributed by atoms with Crippen LogP contribution in [-0.4, -0.2) is 16.1 Å². The molecular formula is C20H26N2OS2. The zero-order valence-corrected chi connectivity index (χ0v) is 16.9. The lowest BCUT2D eigenvalue weighted by atomic mass is 10.0. The fraction of sp³-hybridized carbons (Fsp3) is 0.500. The first-order valence-electron chi connectivity index (χ1n) is 8.98. The molecule has 0 unspecified atom stereocenters. The molecule has 5 heteroatoms. The van der Waals surface area contributed by atoms with Crippen molar-refractivity contribution in [3.8, 4) is 0 Å². The van der Waals surface area contributed by atoms with Gasteiger partial charge in [0.2, 0.25) is 5.91 Å². The zero-order valence-electron chi connectivity index (χ0n) is 15.2. The number of rotatable bonds is 5. The molecular weight excluding hydrogens is 348 g/mol. The average molecular weight is 375 g/mol. The van der Waals surface area contributed by atoms with Gasteiger partial charge in [-0.3, -0.25) is 9.69 Å². The van der Waals surface area contributed by atoms with Gasteiger partial charge in [-0.1, -0.05) is 37.0 Å². The lowest BCUT2D eigenvalue weighted by molar-refractivity contribution is -0.115. The fourth-order valence-electron chi connectivity index (χ4n) is 3.36. The third kappa shape index (κ3) is 4.64. The van der Waals surface area contributed by atoms with E-state index in [0.29, 0.717) is 0 Å². The number of anilines is 2. The zero-order chi connectivity index (χ0) is 17.8. The van der Waals surface area contributed by atoms with Crippen LogP contribution in [0.2, 0.25) is 0 Å². The molecule has 1 heterocycles. The number of hydrogen-bond acceptors (Lipinski definition) is 4. The molecule has 0 N–H and O–H groups in total. The van der Waals surface area contributed by atoms with Crippen molar-refractivity contribution in [3.05, 3.63) is 40.4 Å². The maximum absolute atomic E-state index is 12.3. The Bertz CT molecular complexity index is 735. The number of thioether (sulfide) groups is 1. The third-order valence-electron chi connectivity index (χ3n) is 4.66. The van der Waals surface area contributed by atoms with Gasteiger partial charge in [0.05, 0.1) is 11.4 Å². The lowest BCUT2D eigenvalue weighted by Gasteiger charge is -2.21. The monoisotopic (exact) mass is 374 g/mol. The summed E-state index contributed by atoms with van der Waals surface area (Å²) < 4.78 is 0. The molecule has 0 radical (unpaired) electrons. The van der Waals surface area contributed by atoms with Gasteiger partial charge in [-0.05, 0) is 38.3 Å². The van der Waals surface area contributed by atoms with E-state index >= 15 is 0 Å². The predicted octanol–water partition coefficient (Wildman–Crippen LogP) is 6.01. The number of carbonyl (C=O) groups is 1. The van der Waals surface area contributed by atoms with E-state index in [1.807, 2.05) is 30.8 Å². The van der Waals surface area contributed by atoms with Crippen molar-refractivity contribution in [2.45, 2.75) is 63.9 Å². The number of amides is 1. The van der Waals surface area contributed by atoms with Crippen molar-refractivity contribution >= 4 is 39.8 Å². The number of aromatic nitrogens is 1. The first kappa shape index (κ1) is 18.5. The Hall–Kier alpha value is -1.33. The minimum absolute atomic E-state index is 0.00721. The maximum atomic E-state index is 12.3. The van der Waals surface area contributed by atoms with Gasteiger partial charge in [-0.2, -0.15) is 11.8 Å². The summed E-state index contributed by atoms with van der Waals surface area (Å²) in [7, 11) is 0. The van der Waals surface area contributed by atoms with Gasteiger partial charge in [-0.25, -0.2) is 4.98 Å². The molecule has 2 aromatic rings. The van der Waals surface area contributed by atoms with Crippen molar-refractivity contribution in [2.24, 2.45) is 0 Å². The first-order chi connectivity index (χ1) is 12.0. The Morgan fingerprint density at radius 3 is 2.72 bits per heavy atom. The third-order valence-corrected chi connectivity index (χ3v) is 6.94. The van der Waals surface area contributed by atoms with Gasteiger partial charge in [-0.15, -0.1) is 11.3 Å². The van der Waals surface area contributed by atoms with Crippen LogP contribution in [0.3, 0.4) is 0 Å². The number of thiazole rings is 1. The normalized spacial score (nSPS) is 15.3. The van der Waals surface area contributed by atoms with Crippen LogP contribution in [0.15, 0.2) is 23.6 Å². The van der Waals surface area contributed by atoms with Crippen molar-refractivity contribution < 1.29 is 4.79 Å². The second kappa shape index (κ2) is 8.37. The summed E-state index contributed by atoms with van der Waals surface area (Å²) >= 11 is 3.59. The lowest BCUT2D eigenvalue weighted by Crippen LogP contribution is -2.23. The quantitative estimate of drug-likeness (QED) is 0.642. The highest BCUT2D eigenvalue weighted by molar-refractivity contribution is 7.99. The van der Waals surface area contributed by atoms with Gasteiger partial charge < -0.3 is 0 Å². The molecule has 1 aromatic carbocycles. The Balaban J connectivity index is 1.74. The minimum Gasteiger partial charge on any atom is -0.274 e. The highest BCUT2D eigenvalue weighted by atomic mass is 32.2. The summed E-state index contributed by atoms with van der Waals surface area (Å²) in [5.74, 6) is 0.951. The minimum atomic E-state index is 0.00721. The van der Waals surface area contributed by atoms with E-state index in [4.69, 9.17) is 4.98 Å². The second-order valence-electron chi connectivity index (χ2n) is 6.84. The Labute approximate surface area is 158 Å². The highest BCUT2D eigenvalue weighted by Gasteiger charge is 2.20. The van der Waals surface area contributed by atoms with E-state index in [1.165, 1.54) is 37.7 Å². The largest absolute Gasteiger partial charge is 0.274 e. The van der Waals surface area contributed by atoms with E-state index < -0.39 is 0 Å². The summed E-state index contributed by atoms with van der Waals surface area (Å²) in [5, 5.41) is 3.66. The molecule has 3 rings (SSSR count). The second-order valence-corrected chi connectivity index (χ2v) is 8.96. The SMILES string of the molecule is CC(=O)N(c1nc(CSC2CCCCC2)cs1)c1ccc(C)cc1C. The first-order valence-corrected chi connectivity index (χ1v) is 10.9. The molecule has 0 saturated heterocycles. The van der Waals surface area contributed by atoms with Crippen LogP contribution in [0, 0.1) is 13.8 Å². The van der Waals surface area contributed by atoms with Crippen LogP contribution >= 0.6 is 23.1 Å². The molecule has 1 aliphatic rings. The standard InChI is InChI=1S/C20H26N2OS2/c1-14-9-10-19(15(2)11-14)22(16(3)23)20-21-17(13-25-20)12-24-18-7-5-4-6-8-18/h9-11,13,18H,4-8,12H2,1-3H3. The van der Waals surface area contributed by atoms with Crippen molar-refractivity contribution in [3.63, 3.8) is 0 Å². The van der Waals surface area contributed by atoms with Crippen molar-refractivity contribution in [1.82, 2.24) is 4.98 Å². The molecule has 0 bridgehead atoms. The van der Waals surface area contributed by atoms with Crippen LogP contribution in [0.4, 0.5) is 10.8 Å². The van der Waals surface area contributed by atoms with E-state index in [2.05, 4.69) is 18.4 Å². The molecule has 1 fully saturated rings. The molecule has 0 spiro atoms. The van der Waals surface area contributed by atoms with Gasteiger partial charge in [0.15, 0.2) is 5.13 Å². The van der Waals surface area contributed by atoms with Gasteiger partial charge in [0.25, 0.3) is 0 Å². The Morgan fingerprint density at radius 1 is 1.28 bits per heavy atom.